The summed E-state index contributed by atoms with van der Waals surface area (Å²) in [4.78, 5) is 27.6. The third kappa shape index (κ3) is 19.4. The lowest BCUT2D eigenvalue weighted by atomic mass is 9.96. The maximum Gasteiger partial charge on any atom is 0.410 e. The minimum atomic E-state index is -0.580. The first-order valence-electron chi connectivity index (χ1n) is 19.4. The predicted molar refractivity (Wildman–Crippen MR) is 211 cm³/mol. The van der Waals surface area contributed by atoms with Crippen LogP contribution in [0.5, 0.6) is 0 Å². The predicted octanol–water partition coefficient (Wildman–Crippen LogP) is 7.76. The van der Waals surface area contributed by atoms with Crippen LogP contribution in [0.15, 0.2) is 72.8 Å². The number of hydrogen-bond acceptors (Lipinski definition) is 8. The number of carbonyl (C=O) groups excluding carboxylic acids is 2. The molecule has 2 saturated heterocycles. The number of amides is 2. The largest absolute Gasteiger partial charge is 0.444 e. The Bertz CT molecular complexity index is 1440. The van der Waals surface area contributed by atoms with Gasteiger partial charge in [-0.3, -0.25) is 0 Å². The van der Waals surface area contributed by atoms with Crippen LogP contribution in [0.2, 0.25) is 0 Å². The van der Waals surface area contributed by atoms with Gasteiger partial charge in [0.25, 0.3) is 0 Å². The summed E-state index contributed by atoms with van der Waals surface area (Å²) in [7, 11) is 0. The van der Waals surface area contributed by atoms with E-state index in [1.165, 1.54) is 0 Å². The zero-order chi connectivity index (χ0) is 39.4. The molecule has 298 valence electrons. The summed E-state index contributed by atoms with van der Waals surface area (Å²) in [6.07, 6.45) is 7.16. The van der Waals surface area contributed by atoms with Gasteiger partial charge in [-0.15, -0.1) is 5.92 Å². The molecule has 2 fully saturated rings. The van der Waals surface area contributed by atoms with Gasteiger partial charge in [0.05, 0.1) is 38.6 Å². The van der Waals surface area contributed by atoms with E-state index in [0.717, 1.165) is 36.8 Å². The molecule has 2 atom stereocenters. The Kier molecular flexibility index (Phi) is 19.1. The van der Waals surface area contributed by atoms with Crippen LogP contribution >= 0.6 is 0 Å². The van der Waals surface area contributed by atoms with Gasteiger partial charge < -0.3 is 39.0 Å². The van der Waals surface area contributed by atoms with E-state index in [1.54, 1.807) is 9.80 Å². The van der Waals surface area contributed by atoms with Crippen molar-refractivity contribution in [2.24, 2.45) is 11.8 Å². The van der Waals surface area contributed by atoms with Gasteiger partial charge in [-0.1, -0.05) is 78.7 Å². The molecule has 0 unspecified atom stereocenters. The van der Waals surface area contributed by atoms with Gasteiger partial charge in [0, 0.05) is 38.5 Å². The maximum absolute atomic E-state index is 12.1. The Labute approximate surface area is 323 Å². The van der Waals surface area contributed by atoms with E-state index in [2.05, 4.69) is 17.9 Å². The summed E-state index contributed by atoms with van der Waals surface area (Å²) >= 11 is 0. The second-order valence-electron chi connectivity index (χ2n) is 16.0. The Hall–Kier alpha value is -3.88. The SMILES string of the molecule is CC(C)(C)OC(=O)N1CCC(/C=C\C[C@@H](O)COCc2ccccc2)CC1.CC(C)(C)OC(=O)N1CCC(C#CC[C@@H](O)COCc2ccccc2)CC1. The molecule has 4 rings (SSSR count). The van der Waals surface area contributed by atoms with Crippen LogP contribution in [0.25, 0.3) is 0 Å². The maximum atomic E-state index is 12.1. The molecule has 54 heavy (non-hydrogen) atoms. The molecule has 2 amide bonds. The second kappa shape index (κ2) is 23.1. The molecule has 0 aliphatic carbocycles. The van der Waals surface area contributed by atoms with E-state index >= 15 is 0 Å². The van der Waals surface area contributed by atoms with E-state index in [-0.39, 0.29) is 24.7 Å². The minimum Gasteiger partial charge on any atom is -0.444 e. The molecule has 0 saturated carbocycles. The highest BCUT2D eigenvalue weighted by atomic mass is 16.6. The van der Waals surface area contributed by atoms with Gasteiger partial charge in [0.2, 0.25) is 0 Å². The summed E-state index contributed by atoms with van der Waals surface area (Å²) in [6, 6.07) is 19.8. The van der Waals surface area contributed by atoms with E-state index in [0.29, 0.717) is 64.8 Å². The van der Waals surface area contributed by atoms with Gasteiger partial charge in [-0.25, -0.2) is 9.59 Å². The zero-order valence-corrected chi connectivity index (χ0v) is 33.4. The Morgan fingerprint density at radius 1 is 0.722 bits per heavy atom. The van der Waals surface area contributed by atoms with Crippen molar-refractivity contribution in [1.82, 2.24) is 9.80 Å². The van der Waals surface area contributed by atoms with Gasteiger partial charge in [-0.05, 0) is 90.7 Å². The van der Waals surface area contributed by atoms with Crippen LogP contribution in [-0.2, 0) is 32.2 Å². The Morgan fingerprint density at radius 2 is 1.17 bits per heavy atom. The molecular weight excluding hydrogens is 684 g/mol. The summed E-state index contributed by atoms with van der Waals surface area (Å²) < 4.78 is 21.9. The molecule has 2 aliphatic heterocycles. The van der Waals surface area contributed by atoms with E-state index in [4.69, 9.17) is 18.9 Å². The molecule has 10 heteroatoms. The molecule has 2 N–H and O–H groups in total. The minimum absolute atomic E-state index is 0.226. The van der Waals surface area contributed by atoms with E-state index < -0.39 is 23.4 Å². The second-order valence-corrected chi connectivity index (χ2v) is 16.0. The molecular formula is C44H64N2O8. The van der Waals surface area contributed by atoms with Crippen molar-refractivity contribution in [1.29, 1.82) is 0 Å². The number of aliphatic hydroxyl groups is 2. The number of aliphatic hydroxyl groups excluding tert-OH is 2. The van der Waals surface area contributed by atoms with Crippen molar-refractivity contribution >= 4 is 12.2 Å². The van der Waals surface area contributed by atoms with Crippen LogP contribution in [0.3, 0.4) is 0 Å². The van der Waals surface area contributed by atoms with E-state index in [9.17, 15) is 19.8 Å². The highest BCUT2D eigenvalue weighted by Crippen LogP contribution is 2.22. The fourth-order valence-electron chi connectivity index (χ4n) is 5.78. The fourth-order valence-corrected chi connectivity index (χ4v) is 5.78. The molecule has 0 radical (unpaired) electrons. The third-order valence-corrected chi connectivity index (χ3v) is 8.64. The first-order valence-corrected chi connectivity index (χ1v) is 19.4. The Morgan fingerprint density at radius 3 is 1.63 bits per heavy atom. The standard InChI is InChI=1S/C22H33NO4.C22H31NO4/c2*1-22(2,3)27-21(25)23-14-12-18(13-15-23)10-7-11-20(24)17-26-16-19-8-5-4-6-9-19/h4-10,18,20,24H,11-17H2,1-3H3;4-6,8-9,18,20,24H,11-17H2,1-3H3/b10-7-;/t2*20-/m11/s1. The van der Waals surface area contributed by atoms with Gasteiger partial charge in [0.15, 0.2) is 0 Å². The van der Waals surface area contributed by atoms with Crippen molar-refractivity contribution in [2.45, 2.75) is 117 Å². The van der Waals surface area contributed by atoms with Crippen LogP contribution in [0, 0.1) is 23.7 Å². The number of benzene rings is 2. The molecule has 2 heterocycles. The monoisotopic (exact) mass is 748 g/mol. The molecule has 0 aromatic heterocycles. The average Bonchev–Trinajstić information content (AvgIpc) is 3.12. The molecule has 2 aromatic carbocycles. The van der Waals surface area contributed by atoms with Crippen molar-refractivity contribution in [3.05, 3.63) is 83.9 Å². The lowest BCUT2D eigenvalue weighted by molar-refractivity contribution is 0.0187. The molecule has 2 aliphatic rings. The molecule has 0 bridgehead atoms. The smallest absolute Gasteiger partial charge is 0.410 e. The highest BCUT2D eigenvalue weighted by Gasteiger charge is 2.27. The average molecular weight is 749 g/mol. The highest BCUT2D eigenvalue weighted by molar-refractivity contribution is 5.68. The zero-order valence-electron chi connectivity index (χ0n) is 33.4. The van der Waals surface area contributed by atoms with Crippen LogP contribution in [-0.4, -0.2) is 95.0 Å². The number of hydrogen-bond donors (Lipinski definition) is 2. The summed E-state index contributed by atoms with van der Waals surface area (Å²) in [6.45, 7) is 15.7. The van der Waals surface area contributed by atoms with Gasteiger partial charge in [0.1, 0.15) is 11.2 Å². The number of rotatable bonds is 12. The summed E-state index contributed by atoms with van der Waals surface area (Å²) in [5, 5.41) is 20.0. The molecule has 10 nitrogen and oxygen atoms in total. The Balaban J connectivity index is 0.000000290. The fraction of sp³-hybridized carbons (Fsp3) is 0.591. The van der Waals surface area contributed by atoms with E-state index in [1.807, 2.05) is 108 Å². The lowest BCUT2D eigenvalue weighted by Gasteiger charge is -2.32. The first-order chi connectivity index (χ1) is 25.7. The number of nitrogens with zero attached hydrogens (tertiary/aromatic N) is 2. The number of likely N-dealkylation sites (tertiary alicyclic amines) is 2. The normalized spacial score (nSPS) is 16.8. The summed E-state index contributed by atoms with van der Waals surface area (Å²) in [5.41, 5.74) is 1.28. The van der Waals surface area contributed by atoms with Crippen LogP contribution in [0.4, 0.5) is 9.59 Å². The molecule has 2 aromatic rings. The van der Waals surface area contributed by atoms with Crippen molar-refractivity contribution < 1.29 is 38.7 Å². The van der Waals surface area contributed by atoms with Crippen molar-refractivity contribution in [3.8, 4) is 11.8 Å². The van der Waals surface area contributed by atoms with Crippen molar-refractivity contribution in [3.63, 3.8) is 0 Å². The number of ether oxygens (including phenoxy) is 4. The third-order valence-electron chi connectivity index (χ3n) is 8.64. The van der Waals surface area contributed by atoms with Crippen LogP contribution < -0.4 is 0 Å². The van der Waals surface area contributed by atoms with Gasteiger partial charge in [-0.2, -0.15) is 0 Å². The van der Waals surface area contributed by atoms with Gasteiger partial charge >= 0.3 is 12.2 Å². The quantitative estimate of drug-likeness (QED) is 0.167. The lowest BCUT2D eigenvalue weighted by Crippen LogP contribution is -2.41. The first kappa shape index (κ1) is 44.5. The van der Waals surface area contributed by atoms with Crippen LogP contribution in [0.1, 0.15) is 91.2 Å². The number of allylic oxidation sites excluding steroid dienone is 1. The topological polar surface area (TPSA) is 118 Å². The molecule has 0 spiro atoms. The number of carbonyl (C=O) groups is 2. The summed E-state index contributed by atoms with van der Waals surface area (Å²) in [5.74, 6) is 7.01. The number of piperidine rings is 2. The van der Waals surface area contributed by atoms with Crippen molar-refractivity contribution in [2.75, 3.05) is 39.4 Å².